The number of aromatic nitrogens is 2. The third-order valence-corrected chi connectivity index (χ3v) is 2.69. The lowest BCUT2D eigenvalue weighted by Crippen LogP contribution is -2.05. The number of alkyl halides is 2. The van der Waals surface area contributed by atoms with Crippen LogP contribution in [0.25, 0.3) is 0 Å². The second-order valence-corrected chi connectivity index (χ2v) is 3.82. The van der Waals surface area contributed by atoms with Gasteiger partial charge in [-0.3, -0.25) is 0 Å². The van der Waals surface area contributed by atoms with Crippen LogP contribution >= 0.6 is 15.9 Å². The molecule has 1 aromatic rings. The summed E-state index contributed by atoms with van der Waals surface area (Å²) >= 11 is 3.17. The normalized spacial score (nSPS) is 16.0. The Balaban J connectivity index is 2.26. The third-order valence-electron chi connectivity index (χ3n) is 1.95. The van der Waals surface area contributed by atoms with Crippen LogP contribution in [0.2, 0.25) is 0 Å². The summed E-state index contributed by atoms with van der Waals surface area (Å²) in [5.41, 5.74) is 0.760. The first-order chi connectivity index (χ1) is 6.68. The molecule has 0 N–H and O–H groups in total. The molecular weight excluding hydrogens is 258 g/mol. The van der Waals surface area contributed by atoms with Gasteiger partial charge >= 0.3 is 6.61 Å². The molecule has 1 aliphatic rings. The summed E-state index contributed by atoms with van der Waals surface area (Å²) in [5.74, 6) is 0.282. The topological polar surface area (TPSA) is 35.0 Å². The van der Waals surface area contributed by atoms with Crippen molar-refractivity contribution in [1.82, 2.24) is 9.97 Å². The molecule has 0 saturated heterocycles. The molecule has 0 aliphatic heterocycles. The quantitative estimate of drug-likeness (QED) is 0.842. The van der Waals surface area contributed by atoms with Crippen molar-refractivity contribution in [1.29, 1.82) is 0 Å². The fraction of sp³-hybridized carbons (Fsp3) is 0.500. The maximum absolute atomic E-state index is 11.9. The standard InChI is InChI=1S/C8H7BrF2N2O/c9-5-6(4-1-2-4)12-3-13-7(5)14-8(10)11/h3-4,8H,1-2H2. The van der Waals surface area contributed by atoms with Crippen molar-refractivity contribution in [3.8, 4) is 5.88 Å². The molecule has 0 unspecified atom stereocenters. The maximum atomic E-state index is 11.9. The van der Waals surface area contributed by atoms with Crippen molar-refractivity contribution < 1.29 is 13.5 Å². The lowest BCUT2D eigenvalue weighted by Gasteiger charge is -2.07. The largest absolute Gasteiger partial charge is 0.416 e. The molecule has 0 bridgehead atoms. The van der Waals surface area contributed by atoms with Gasteiger partial charge in [0.2, 0.25) is 5.88 Å². The Kier molecular flexibility index (Phi) is 2.62. The fourth-order valence-corrected chi connectivity index (χ4v) is 1.80. The Bertz CT molecular complexity index is 344. The van der Waals surface area contributed by atoms with Gasteiger partial charge in [0.05, 0.1) is 5.69 Å². The highest BCUT2D eigenvalue weighted by atomic mass is 79.9. The zero-order valence-corrected chi connectivity index (χ0v) is 8.67. The van der Waals surface area contributed by atoms with Gasteiger partial charge in [0.1, 0.15) is 10.8 Å². The van der Waals surface area contributed by atoms with E-state index in [-0.39, 0.29) is 5.88 Å². The van der Waals surface area contributed by atoms with Crippen molar-refractivity contribution in [2.45, 2.75) is 25.4 Å². The number of halogens is 3. The number of hydrogen-bond acceptors (Lipinski definition) is 3. The molecule has 0 spiro atoms. The highest BCUT2D eigenvalue weighted by molar-refractivity contribution is 9.10. The Hall–Kier alpha value is -0.780. The van der Waals surface area contributed by atoms with Gasteiger partial charge in [0.25, 0.3) is 0 Å². The molecule has 76 valence electrons. The van der Waals surface area contributed by atoms with Crippen LogP contribution in [0.3, 0.4) is 0 Å². The van der Waals surface area contributed by atoms with Crippen LogP contribution in [0.4, 0.5) is 8.78 Å². The monoisotopic (exact) mass is 264 g/mol. The van der Waals surface area contributed by atoms with Crippen molar-refractivity contribution in [2.75, 3.05) is 0 Å². The Morgan fingerprint density at radius 1 is 1.43 bits per heavy atom. The molecule has 3 nitrogen and oxygen atoms in total. The summed E-state index contributed by atoms with van der Waals surface area (Å²) in [6.07, 6.45) is 3.34. The molecule has 6 heteroatoms. The summed E-state index contributed by atoms with van der Waals surface area (Å²) in [7, 11) is 0. The van der Waals surface area contributed by atoms with E-state index >= 15 is 0 Å². The van der Waals surface area contributed by atoms with E-state index in [1.54, 1.807) is 0 Å². The lowest BCUT2D eigenvalue weighted by molar-refractivity contribution is -0.0535. The number of nitrogens with zero attached hydrogens (tertiary/aromatic N) is 2. The Morgan fingerprint density at radius 3 is 2.71 bits per heavy atom. The minimum Gasteiger partial charge on any atom is -0.416 e. The van der Waals surface area contributed by atoms with Gasteiger partial charge < -0.3 is 4.74 Å². The van der Waals surface area contributed by atoms with Gasteiger partial charge in [-0.15, -0.1) is 0 Å². The second-order valence-electron chi connectivity index (χ2n) is 3.03. The first-order valence-corrected chi connectivity index (χ1v) is 4.93. The summed E-state index contributed by atoms with van der Waals surface area (Å²) in [6, 6.07) is 0. The Morgan fingerprint density at radius 2 is 2.14 bits per heavy atom. The van der Waals surface area contributed by atoms with Crippen LogP contribution in [0, 0.1) is 0 Å². The minimum absolute atomic E-state index is 0.0862. The summed E-state index contributed by atoms with van der Waals surface area (Å²) < 4.78 is 28.6. The predicted octanol–water partition coefficient (Wildman–Crippen LogP) is 2.72. The van der Waals surface area contributed by atoms with Crippen LogP contribution in [0.5, 0.6) is 5.88 Å². The van der Waals surface area contributed by atoms with Crippen LogP contribution in [0.15, 0.2) is 10.8 Å². The molecule has 0 aromatic carbocycles. The molecule has 2 rings (SSSR count). The van der Waals surface area contributed by atoms with Gasteiger partial charge in [-0.05, 0) is 28.8 Å². The number of rotatable bonds is 3. The molecule has 1 heterocycles. The van der Waals surface area contributed by atoms with E-state index in [0.717, 1.165) is 18.5 Å². The van der Waals surface area contributed by atoms with Gasteiger partial charge in [-0.1, -0.05) is 0 Å². The van der Waals surface area contributed by atoms with Crippen LogP contribution in [-0.2, 0) is 0 Å². The fourth-order valence-electron chi connectivity index (χ4n) is 1.17. The highest BCUT2D eigenvalue weighted by Crippen LogP contribution is 2.43. The SMILES string of the molecule is FC(F)Oc1ncnc(C2CC2)c1Br. The predicted molar refractivity (Wildman–Crippen MR) is 48.3 cm³/mol. The summed E-state index contributed by atoms with van der Waals surface area (Å²) in [6.45, 7) is -2.85. The Labute approximate surface area is 87.6 Å². The van der Waals surface area contributed by atoms with E-state index in [9.17, 15) is 8.78 Å². The van der Waals surface area contributed by atoms with Crippen molar-refractivity contribution in [3.05, 3.63) is 16.5 Å². The van der Waals surface area contributed by atoms with Gasteiger partial charge in [0.15, 0.2) is 0 Å². The van der Waals surface area contributed by atoms with Crippen LogP contribution < -0.4 is 4.74 Å². The van der Waals surface area contributed by atoms with Gasteiger partial charge in [-0.2, -0.15) is 8.78 Å². The smallest absolute Gasteiger partial charge is 0.388 e. The zero-order chi connectivity index (χ0) is 10.1. The highest BCUT2D eigenvalue weighted by Gasteiger charge is 2.29. The molecule has 14 heavy (non-hydrogen) atoms. The average molecular weight is 265 g/mol. The summed E-state index contributed by atoms with van der Waals surface area (Å²) in [4.78, 5) is 7.65. The van der Waals surface area contributed by atoms with Crippen LogP contribution in [-0.4, -0.2) is 16.6 Å². The molecule has 1 aliphatic carbocycles. The number of hydrogen-bond donors (Lipinski definition) is 0. The van der Waals surface area contributed by atoms with Crippen molar-refractivity contribution in [2.24, 2.45) is 0 Å². The van der Waals surface area contributed by atoms with E-state index in [1.165, 1.54) is 6.33 Å². The molecule has 1 aromatic heterocycles. The summed E-state index contributed by atoms with van der Waals surface area (Å²) in [5, 5.41) is 0. The minimum atomic E-state index is -2.85. The molecule has 0 amide bonds. The lowest BCUT2D eigenvalue weighted by atomic mass is 10.3. The number of ether oxygens (including phenoxy) is 1. The molecule has 0 atom stereocenters. The van der Waals surface area contributed by atoms with E-state index in [0.29, 0.717) is 10.4 Å². The van der Waals surface area contributed by atoms with E-state index in [2.05, 4.69) is 30.6 Å². The van der Waals surface area contributed by atoms with Crippen LogP contribution in [0.1, 0.15) is 24.5 Å². The second kappa shape index (κ2) is 3.76. The molecule has 1 saturated carbocycles. The van der Waals surface area contributed by atoms with E-state index < -0.39 is 6.61 Å². The first kappa shape index (κ1) is 9.76. The maximum Gasteiger partial charge on any atom is 0.388 e. The van der Waals surface area contributed by atoms with Crippen molar-refractivity contribution >= 4 is 15.9 Å². The molecule has 1 fully saturated rings. The zero-order valence-electron chi connectivity index (χ0n) is 7.08. The first-order valence-electron chi connectivity index (χ1n) is 4.13. The van der Waals surface area contributed by atoms with Gasteiger partial charge in [0, 0.05) is 5.92 Å². The molecular formula is C8H7BrF2N2O. The van der Waals surface area contributed by atoms with Crippen molar-refractivity contribution in [3.63, 3.8) is 0 Å². The third kappa shape index (κ3) is 2.00. The van der Waals surface area contributed by atoms with E-state index in [1.807, 2.05) is 0 Å². The van der Waals surface area contributed by atoms with E-state index in [4.69, 9.17) is 0 Å². The average Bonchev–Trinajstić information content (AvgIpc) is 2.91. The molecule has 0 radical (unpaired) electrons. The van der Waals surface area contributed by atoms with Gasteiger partial charge in [-0.25, -0.2) is 9.97 Å².